The van der Waals surface area contributed by atoms with E-state index in [1.807, 2.05) is 21.1 Å². The van der Waals surface area contributed by atoms with E-state index < -0.39 is 7.82 Å². The number of hydrogen-bond donors (Lipinski definition) is 1. The van der Waals surface area contributed by atoms with Gasteiger partial charge in [-0.25, -0.2) is 9.36 Å². The molecule has 210 valence electrons. The van der Waals surface area contributed by atoms with Crippen molar-refractivity contribution >= 4 is 13.9 Å². The minimum atomic E-state index is -4.11. The molecular formula is C26H57N3O5P+. The van der Waals surface area contributed by atoms with Crippen LogP contribution in [0, 0.1) is 0 Å². The van der Waals surface area contributed by atoms with E-state index in [4.69, 9.17) is 9.05 Å². The lowest BCUT2D eigenvalue weighted by molar-refractivity contribution is -0.870. The Kier molecular flexibility index (Phi) is 20.0. The van der Waals surface area contributed by atoms with Gasteiger partial charge in [0.25, 0.3) is 0 Å². The number of unbranched alkanes of at least 4 members (excludes halogenated alkanes) is 13. The predicted molar refractivity (Wildman–Crippen MR) is 146 cm³/mol. The highest BCUT2D eigenvalue weighted by Crippen LogP contribution is 2.42. The number of amides is 2. The first kappa shape index (κ1) is 34.3. The van der Waals surface area contributed by atoms with Gasteiger partial charge in [0, 0.05) is 27.2 Å². The molecule has 0 aromatic carbocycles. The molecule has 1 atom stereocenters. The van der Waals surface area contributed by atoms with Crippen LogP contribution < -0.4 is 0 Å². The zero-order valence-electron chi connectivity index (χ0n) is 23.8. The van der Waals surface area contributed by atoms with Crippen LogP contribution in [0.3, 0.4) is 0 Å². The monoisotopic (exact) mass is 522 g/mol. The Hall–Kier alpha value is -0.660. The van der Waals surface area contributed by atoms with Crippen LogP contribution in [0.25, 0.3) is 0 Å². The quantitative estimate of drug-likeness (QED) is 0.0969. The molecule has 0 rings (SSSR count). The third kappa shape index (κ3) is 22.3. The topological polar surface area (TPSA) is 79.3 Å². The molecule has 0 fully saturated rings. The van der Waals surface area contributed by atoms with Crippen molar-refractivity contribution in [2.75, 3.05) is 68.1 Å². The fraction of sp³-hybridized carbons (Fsp3) is 0.962. The summed E-state index contributed by atoms with van der Waals surface area (Å²) in [5.74, 6) is 0. The van der Waals surface area contributed by atoms with Crippen molar-refractivity contribution in [1.29, 1.82) is 0 Å². The molecular weight excluding hydrogens is 465 g/mol. The first-order valence-electron chi connectivity index (χ1n) is 13.9. The number of rotatable bonds is 23. The van der Waals surface area contributed by atoms with E-state index in [1.165, 1.54) is 81.9 Å². The van der Waals surface area contributed by atoms with Gasteiger partial charge >= 0.3 is 13.9 Å². The predicted octanol–water partition coefficient (Wildman–Crippen LogP) is 6.29. The van der Waals surface area contributed by atoms with Crippen molar-refractivity contribution in [3.8, 4) is 0 Å². The number of phosphoric acid groups is 1. The summed E-state index contributed by atoms with van der Waals surface area (Å²) in [5, 5.41) is 0. The molecule has 0 aliphatic rings. The summed E-state index contributed by atoms with van der Waals surface area (Å²) in [5.41, 5.74) is 0. The highest BCUT2D eigenvalue weighted by Gasteiger charge is 2.24. The molecule has 0 aromatic heterocycles. The number of carbonyl (C=O) groups is 1. The summed E-state index contributed by atoms with van der Waals surface area (Å²) in [6.07, 6.45) is 18.1. The Morgan fingerprint density at radius 3 is 1.60 bits per heavy atom. The summed E-state index contributed by atoms with van der Waals surface area (Å²) in [6, 6.07) is -0.109. The maximum Gasteiger partial charge on any atom is 0.472 e. The first-order valence-corrected chi connectivity index (χ1v) is 15.4. The second-order valence-corrected chi connectivity index (χ2v) is 12.4. The molecule has 0 bridgehead atoms. The normalized spacial score (nSPS) is 13.6. The molecule has 1 N–H and O–H groups in total. The SMILES string of the molecule is CCCCCCCCCCCCCCCCN(CCOP(=O)(O)OCC[N+](C)(C)C)C(=O)N(C)C. The second-order valence-electron chi connectivity index (χ2n) is 10.9. The summed E-state index contributed by atoms with van der Waals surface area (Å²) < 4.78 is 22.8. The number of urea groups is 1. The van der Waals surface area contributed by atoms with Crippen LogP contribution in [-0.4, -0.2) is 93.3 Å². The Labute approximate surface area is 216 Å². The molecule has 0 spiro atoms. The van der Waals surface area contributed by atoms with E-state index in [9.17, 15) is 14.3 Å². The molecule has 8 nitrogen and oxygen atoms in total. The zero-order valence-corrected chi connectivity index (χ0v) is 24.7. The van der Waals surface area contributed by atoms with Gasteiger partial charge < -0.3 is 19.2 Å². The van der Waals surface area contributed by atoms with E-state index in [0.29, 0.717) is 17.6 Å². The number of likely N-dealkylation sites (N-methyl/N-ethyl adjacent to an activating group) is 1. The molecule has 0 saturated heterocycles. The minimum Gasteiger partial charge on any atom is -0.331 e. The molecule has 0 heterocycles. The number of carbonyl (C=O) groups excluding carboxylic acids is 1. The maximum absolute atomic E-state index is 12.5. The van der Waals surface area contributed by atoms with Crippen molar-refractivity contribution in [3.63, 3.8) is 0 Å². The standard InChI is InChI=1S/C26H56N3O5P/c1-7-8-9-10-11-12-13-14-15-16-17-18-19-20-21-28(26(30)27(2)3)22-24-33-35(31,32)34-25-23-29(4,5)6/h7-25H2,1-6H3/p+1. The van der Waals surface area contributed by atoms with Crippen molar-refractivity contribution < 1.29 is 27.8 Å². The molecule has 9 heteroatoms. The number of phosphoric ester groups is 1. The fourth-order valence-corrected chi connectivity index (χ4v) is 4.52. The largest absolute Gasteiger partial charge is 0.472 e. The van der Waals surface area contributed by atoms with E-state index in [1.54, 1.807) is 19.0 Å². The maximum atomic E-state index is 12.5. The Balaban J connectivity index is 3.98. The summed E-state index contributed by atoms with van der Waals surface area (Å²) in [6.45, 7) is 3.85. The van der Waals surface area contributed by atoms with Crippen LogP contribution in [0.15, 0.2) is 0 Å². The van der Waals surface area contributed by atoms with Gasteiger partial charge in [-0.15, -0.1) is 0 Å². The molecule has 0 aliphatic heterocycles. The molecule has 0 radical (unpaired) electrons. The molecule has 0 aromatic rings. The lowest BCUT2D eigenvalue weighted by atomic mass is 10.0. The van der Waals surface area contributed by atoms with Crippen LogP contribution >= 0.6 is 7.82 Å². The summed E-state index contributed by atoms with van der Waals surface area (Å²) >= 11 is 0. The summed E-state index contributed by atoms with van der Waals surface area (Å²) in [4.78, 5) is 25.6. The third-order valence-electron chi connectivity index (χ3n) is 6.07. The number of hydrogen-bond acceptors (Lipinski definition) is 4. The van der Waals surface area contributed by atoms with Gasteiger partial charge in [-0.3, -0.25) is 9.05 Å². The van der Waals surface area contributed by atoms with Gasteiger partial charge in [-0.2, -0.15) is 0 Å². The molecule has 2 amide bonds. The van der Waals surface area contributed by atoms with Gasteiger partial charge in [0.2, 0.25) is 0 Å². The highest BCUT2D eigenvalue weighted by atomic mass is 31.2. The molecule has 1 unspecified atom stereocenters. The highest BCUT2D eigenvalue weighted by molar-refractivity contribution is 7.47. The van der Waals surface area contributed by atoms with E-state index >= 15 is 0 Å². The van der Waals surface area contributed by atoms with Crippen LogP contribution in [0.4, 0.5) is 4.79 Å². The van der Waals surface area contributed by atoms with Crippen molar-refractivity contribution in [1.82, 2.24) is 9.80 Å². The van der Waals surface area contributed by atoms with Crippen LogP contribution in [0.5, 0.6) is 0 Å². The number of quaternary nitrogens is 1. The second kappa shape index (κ2) is 20.4. The smallest absolute Gasteiger partial charge is 0.331 e. The summed E-state index contributed by atoms with van der Waals surface area (Å²) in [7, 11) is 5.26. The first-order chi connectivity index (χ1) is 16.5. The Morgan fingerprint density at radius 2 is 1.17 bits per heavy atom. The average Bonchev–Trinajstić information content (AvgIpc) is 2.76. The fourth-order valence-electron chi connectivity index (χ4n) is 3.82. The number of nitrogens with zero attached hydrogens (tertiary/aromatic N) is 3. The van der Waals surface area contributed by atoms with Crippen molar-refractivity contribution in [2.45, 2.75) is 96.8 Å². The molecule has 0 saturated carbocycles. The van der Waals surface area contributed by atoms with Crippen molar-refractivity contribution in [2.24, 2.45) is 0 Å². The molecule has 35 heavy (non-hydrogen) atoms. The van der Waals surface area contributed by atoms with E-state index in [-0.39, 0.29) is 25.8 Å². The van der Waals surface area contributed by atoms with Gasteiger partial charge in [0.1, 0.15) is 13.2 Å². The van der Waals surface area contributed by atoms with Crippen LogP contribution in [0.2, 0.25) is 0 Å². The van der Waals surface area contributed by atoms with Crippen LogP contribution in [0.1, 0.15) is 96.8 Å². The zero-order chi connectivity index (χ0) is 26.6. The van der Waals surface area contributed by atoms with E-state index in [0.717, 1.165) is 12.8 Å². The lowest BCUT2D eigenvalue weighted by Gasteiger charge is -2.26. The van der Waals surface area contributed by atoms with Crippen LogP contribution in [-0.2, 0) is 13.6 Å². The van der Waals surface area contributed by atoms with Gasteiger partial charge in [0.05, 0.1) is 27.7 Å². The van der Waals surface area contributed by atoms with Gasteiger partial charge in [0.15, 0.2) is 0 Å². The lowest BCUT2D eigenvalue weighted by Crippen LogP contribution is -2.41. The van der Waals surface area contributed by atoms with Crippen molar-refractivity contribution in [3.05, 3.63) is 0 Å². The Bertz CT molecular complexity index is 570. The molecule has 0 aliphatic carbocycles. The third-order valence-corrected chi connectivity index (χ3v) is 7.08. The van der Waals surface area contributed by atoms with E-state index in [2.05, 4.69) is 6.92 Å². The minimum absolute atomic E-state index is 0.0314. The van der Waals surface area contributed by atoms with Gasteiger partial charge in [-0.1, -0.05) is 90.4 Å². The Morgan fingerprint density at radius 1 is 0.743 bits per heavy atom. The van der Waals surface area contributed by atoms with Gasteiger partial charge in [-0.05, 0) is 6.42 Å². The average molecular weight is 523 g/mol.